The van der Waals surface area contributed by atoms with Gasteiger partial charge in [0.25, 0.3) is 5.79 Å². The molecular formula is C38H50N2O14. The smallest absolute Gasteiger partial charge is 0.407 e. The third kappa shape index (κ3) is 17.7. The van der Waals surface area contributed by atoms with Crippen LogP contribution in [0, 0.1) is 5.92 Å². The van der Waals surface area contributed by atoms with E-state index in [2.05, 4.69) is 10.6 Å². The monoisotopic (exact) mass is 758 g/mol. The van der Waals surface area contributed by atoms with Crippen LogP contribution in [0.2, 0.25) is 0 Å². The Morgan fingerprint density at radius 2 is 1.11 bits per heavy atom. The van der Waals surface area contributed by atoms with Crippen LogP contribution >= 0.6 is 0 Å². The predicted molar refractivity (Wildman–Crippen MR) is 190 cm³/mol. The Bertz CT molecular complexity index is 1500. The van der Waals surface area contributed by atoms with E-state index >= 15 is 0 Å². The summed E-state index contributed by atoms with van der Waals surface area (Å²) in [7, 11) is 0. The van der Waals surface area contributed by atoms with E-state index in [9.17, 15) is 33.6 Å². The molecule has 1 heterocycles. The van der Waals surface area contributed by atoms with Gasteiger partial charge in [-0.05, 0) is 57.1 Å². The van der Waals surface area contributed by atoms with E-state index in [-0.39, 0.29) is 52.1 Å². The summed E-state index contributed by atoms with van der Waals surface area (Å²) in [5.74, 6) is -5.79. The van der Waals surface area contributed by atoms with Gasteiger partial charge in [-0.3, -0.25) is 14.4 Å². The fourth-order valence-corrected chi connectivity index (χ4v) is 4.92. The van der Waals surface area contributed by atoms with E-state index in [0.717, 1.165) is 11.1 Å². The zero-order valence-corrected chi connectivity index (χ0v) is 31.0. The van der Waals surface area contributed by atoms with Crippen molar-refractivity contribution < 1.29 is 67.1 Å². The van der Waals surface area contributed by atoms with Gasteiger partial charge in [0.15, 0.2) is 5.92 Å². The molecule has 0 aliphatic carbocycles. The van der Waals surface area contributed by atoms with Crippen LogP contribution in [-0.2, 0) is 65.6 Å². The van der Waals surface area contributed by atoms with Crippen molar-refractivity contribution in [2.24, 2.45) is 5.92 Å². The van der Waals surface area contributed by atoms with Gasteiger partial charge < -0.3 is 44.2 Å². The van der Waals surface area contributed by atoms with Crippen LogP contribution in [0.25, 0.3) is 0 Å². The van der Waals surface area contributed by atoms with E-state index in [1.54, 1.807) is 13.8 Å². The molecule has 1 saturated heterocycles. The van der Waals surface area contributed by atoms with Gasteiger partial charge in [0, 0.05) is 20.3 Å². The minimum absolute atomic E-state index is 0.0190. The number of rotatable bonds is 19. The molecule has 1 aliphatic rings. The summed E-state index contributed by atoms with van der Waals surface area (Å²) in [5.41, 5.74) is 1.64. The zero-order valence-electron chi connectivity index (χ0n) is 31.0. The van der Waals surface area contributed by atoms with Crippen molar-refractivity contribution in [2.75, 3.05) is 13.2 Å². The molecule has 1 fully saturated rings. The van der Waals surface area contributed by atoms with Gasteiger partial charge in [0.05, 0.1) is 13.2 Å². The van der Waals surface area contributed by atoms with Crippen molar-refractivity contribution in [3.63, 3.8) is 0 Å². The first-order chi connectivity index (χ1) is 25.7. The Balaban J connectivity index is 0.000000383. The summed E-state index contributed by atoms with van der Waals surface area (Å²) in [6.45, 7) is 6.75. The number of cyclic esters (lactones) is 2. The van der Waals surface area contributed by atoms with E-state index < -0.39 is 65.8 Å². The average Bonchev–Trinajstić information content (AvgIpc) is 3.12. The maximum Gasteiger partial charge on any atom is 0.407 e. The largest absolute Gasteiger partial charge is 0.481 e. The first-order valence-corrected chi connectivity index (χ1v) is 17.7. The van der Waals surface area contributed by atoms with Gasteiger partial charge in [0.2, 0.25) is 0 Å². The molecule has 0 bridgehead atoms. The average molecular weight is 759 g/mol. The third-order valence-electron chi connectivity index (χ3n) is 7.53. The lowest BCUT2D eigenvalue weighted by Gasteiger charge is -2.32. The number of carboxylic acids is 1. The first kappa shape index (κ1) is 44.5. The number of unbranched alkanes of at least 4 members (excludes halogenated alkanes) is 1. The molecule has 296 valence electrons. The molecule has 3 rings (SSSR count). The summed E-state index contributed by atoms with van der Waals surface area (Å²) >= 11 is 0. The van der Waals surface area contributed by atoms with Crippen LogP contribution in [0.1, 0.15) is 83.8 Å². The van der Waals surface area contributed by atoms with Crippen molar-refractivity contribution in [1.82, 2.24) is 10.6 Å². The third-order valence-corrected chi connectivity index (χ3v) is 7.53. The summed E-state index contributed by atoms with van der Waals surface area (Å²) in [4.78, 5) is 82.6. The second-order valence-corrected chi connectivity index (χ2v) is 12.4. The Hall–Kier alpha value is -5.67. The molecule has 2 aromatic rings. The summed E-state index contributed by atoms with van der Waals surface area (Å²) in [5, 5.41) is 13.6. The maximum atomic E-state index is 12.5. The number of aliphatic carboxylic acids is 1. The molecule has 2 atom stereocenters. The number of alkyl carbamates (subject to hydrolysis) is 2. The second kappa shape index (κ2) is 23.8. The standard InChI is InChI=1S/C21H27NO8.C17H23NO6/c1-4-27-20(26)22-16(19(25)28-13-14-9-6-5-7-10-14)12-8-11-15-17(23)29-21(2,3)30-18(15)24;1-2-23-17(22)18-14(10-6-7-11-15(19)20)16(21)24-12-13-8-4-3-5-9-13/h5-7,9-10,15-16H,4,8,11-13H2,1-3H3,(H,22,26);3-5,8-9,14H,2,6-7,10-12H2,1H3,(H,18,22)(H,19,20)/t16-;14-/m00/s1. The highest BCUT2D eigenvalue weighted by molar-refractivity contribution is 5.96. The van der Waals surface area contributed by atoms with E-state index in [4.69, 9.17) is 33.5 Å². The van der Waals surface area contributed by atoms with Crippen LogP contribution in [-0.4, -0.2) is 78.2 Å². The Kier molecular flexibility index (Phi) is 19.6. The SMILES string of the molecule is CCOC(=O)N[C@@H](CCCC1C(=O)OC(C)(C)OC1=O)C(=O)OCc1ccccc1.CCOC(=O)N[C@@H](CCCCC(=O)O)C(=O)OCc1ccccc1. The molecule has 54 heavy (non-hydrogen) atoms. The number of carbonyl (C=O) groups is 7. The van der Waals surface area contributed by atoms with Gasteiger partial charge in [-0.1, -0.05) is 67.1 Å². The van der Waals surface area contributed by atoms with Gasteiger partial charge in [-0.15, -0.1) is 0 Å². The number of benzene rings is 2. The number of esters is 4. The first-order valence-electron chi connectivity index (χ1n) is 17.7. The molecule has 0 spiro atoms. The zero-order chi connectivity index (χ0) is 39.9. The second-order valence-electron chi connectivity index (χ2n) is 12.4. The minimum Gasteiger partial charge on any atom is -0.481 e. The molecule has 1 aliphatic heterocycles. The van der Waals surface area contributed by atoms with Crippen molar-refractivity contribution in [2.45, 2.75) is 104 Å². The number of carbonyl (C=O) groups excluding carboxylic acids is 6. The lowest BCUT2D eigenvalue weighted by Crippen LogP contribution is -2.46. The van der Waals surface area contributed by atoms with Crippen LogP contribution in [0.5, 0.6) is 0 Å². The van der Waals surface area contributed by atoms with Gasteiger partial charge in [-0.2, -0.15) is 0 Å². The van der Waals surface area contributed by atoms with E-state index in [1.807, 2.05) is 60.7 Å². The van der Waals surface area contributed by atoms with Crippen molar-refractivity contribution in [3.05, 3.63) is 71.8 Å². The molecule has 0 unspecified atom stereocenters. The fraction of sp³-hybridized carbons (Fsp3) is 0.500. The summed E-state index contributed by atoms with van der Waals surface area (Å²) < 4.78 is 30.3. The molecule has 0 aromatic heterocycles. The maximum absolute atomic E-state index is 12.5. The molecule has 16 nitrogen and oxygen atoms in total. The normalized spacial score (nSPS) is 14.4. The molecule has 0 radical (unpaired) electrons. The van der Waals surface area contributed by atoms with Crippen LogP contribution in [0.4, 0.5) is 9.59 Å². The van der Waals surface area contributed by atoms with Gasteiger partial charge in [-0.25, -0.2) is 19.2 Å². The number of hydrogen-bond donors (Lipinski definition) is 3. The molecular weight excluding hydrogens is 708 g/mol. The number of hydrogen-bond acceptors (Lipinski definition) is 13. The van der Waals surface area contributed by atoms with E-state index in [0.29, 0.717) is 19.3 Å². The fourth-order valence-electron chi connectivity index (χ4n) is 4.92. The summed E-state index contributed by atoms with van der Waals surface area (Å²) in [6, 6.07) is 16.4. The lowest BCUT2D eigenvalue weighted by atomic mass is 9.98. The molecule has 0 saturated carbocycles. The predicted octanol–water partition coefficient (Wildman–Crippen LogP) is 4.96. The van der Waals surface area contributed by atoms with Crippen LogP contribution < -0.4 is 10.6 Å². The van der Waals surface area contributed by atoms with Crippen LogP contribution in [0.3, 0.4) is 0 Å². The van der Waals surface area contributed by atoms with Crippen molar-refractivity contribution in [3.8, 4) is 0 Å². The molecule has 2 amide bonds. The Morgan fingerprint density at radius 1 is 0.685 bits per heavy atom. The quantitative estimate of drug-likeness (QED) is 0.0747. The number of amides is 2. The highest BCUT2D eigenvalue weighted by Crippen LogP contribution is 2.26. The van der Waals surface area contributed by atoms with Gasteiger partial charge in [0.1, 0.15) is 25.3 Å². The molecule has 3 N–H and O–H groups in total. The Labute approximate surface area is 314 Å². The Morgan fingerprint density at radius 3 is 1.52 bits per heavy atom. The molecule has 2 aromatic carbocycles. The number of ether oxygens (including phenoxy) is 6. The van der Waals surface area contributed by atoms with Gasteiger partial charge >= 0.3 is 42.0 Å². The number of nitrogens with one attached hydrogen (secondary N) is 2. The minimum atomic E-state index is -1.29. The van der Waals surface area contributed by atoms with Crippen molar-refractivity contribution >= 4 is 42.0 Å². The highest BCUT2D eigenvalue weighted by Gasteiger charge is 2.43. The van der Waals surface area contributed by atoms with E-state index in [1.165, 1.54) is 13.8 Å². The lowest BCUT2D eigenvalue weighted by molar-refractivity contribution is -0.240. The highest BCUT2D eigenvalue weighted by atomic mass is 16.7. The molecule has 16 heteroatoms. The van der Waals surface area contributed by atoms with Crippen LogP contribution in [0.15, 0.2) is 60.7 Å². The van der Waals surface area contributed by atoms with Crippen molar-refractivity contribution in [1.29, 1.82) is 0 Å². The topological polar surface area (TPSA) is 219 Å². The number of carboxylic acid groups (broad SMARTS) is 1. The summed E-state index contributed by atoms with van der Waals surface area (Å²) in [6.07, 6.45) is 0.284.